The Bertz CT molecular complexity index is 447. The van der Waals surface area contributed by atoms with E-state index in [1.54, 1.807) is 12.1 Å². The van der Waals surface area contributed by atoms with Crippen LogP contribution in [0.3, 0.4) is 0 Å². The molecule has 0 spiro atoms. The topological polar surface area (TPSA) is 15.3 Å². The van der Waals surface area contributed by atoms with Gasteiger partial charge >= 0.3 is 0 Å². The van der Waals surface area contributed by atoms with Crippen LogP contribution in [-0.4, -0.2) is 30.6 Å². The summed E-state index contributed by atoms with van der Waals surface area (Å²) in [6, 6.07) is 5.74. The number of nitrogens with one attached hydrogen (secondary N) is 1. The predicted molar refractivity (Wildman–Crippen MR) is 86.9 cm³/mol. The second kappa shape index (κ2) is 7.90. The summed E-state index contributed by atoms with van der Waals surface area (Å²) in [7, 11) is 0. The van der Waals surface area contributed by atoms with Crippen molar-refractivity contribution in [3.05, 3.63) is 35.1 Å². The number of halogens is 1. The lowest BCUT2D eigenvalue weighted by Gasteiger charge is -2.36. The normalized spacial score (nSPS) is 21.4. The fourth-order valence-electron chi connectivity index (χ4n) is 3.26. The van der Waals surface area contributed by atoms with Gasteiger partial charge in [-0.3, -0.25) is 4.90 Å². The zero-order valence-electron chi connectivity index (χ0n) is 13.7. The first kappa shape index (κ1) is 16.4. The Kier molecular flexibility index (Phi) is 6.19. The van der Waals surface area contributed by atoms with Crippen LogP contribution in [0.25, 0.3) is 0 Å². The molecule has 2 nitrogen and oxygen atoms in total. The van der Waals surface area contributed by atoms with Crippen LogP contribution >= 0.6 is 0 Å². The SMILES string of the molecule is CCCNC(C)C1CCCN(Cc2ccc(F)cc2C)C1. The van der Waals surface area contributed by atoms with Crippen molar-refractivity contribution in [2.24, 2.45) is 5.92 Å². The molecule has 1 aromatic carbocycles. The van der Waals surface area contributed by atoms with Crippen molar-refractivity contribution in [3.63, 3.8) is 0 Å². The van der Waals surface area contributed by atoms with Crippen LogP contribution in [0.15, 0.2) is 18.2 Å². The lowest BCUT2D eigenvalue weighted by Crippen LogP contribution is -2.44. The van der Waals surface area contributed by atoms with E-state index >= 15 is 0 Å². The van der Waals surface area contributed by atoms with Crippen LogP contribution in [-0.2, 0) is 6.54 Å². The van der Waals surface area contributed by atoms with E-state index in [0.29, 0.717) is 6.04 Å². The van der Waals surface area contributed by atoms with E-state index in [2.05, 4.69) is 24.1 Å². The molecule has 0 aliphatic carbocycles. The Hall–Kier alpha value is -0.930. The van der Waals surface area contributed by atoms with Crippen molar-refractivity contribution < 1.29 is 4.39 Å². The minimum absolute atomic E-state index is 0.134. The summed E-state index contributed by atoms with van der Waals surface area (Å²) in [5.74, 6) is 0.594. The maximum atomic E-state index is 13.2. The lowest BCUT2D eigenvalue weighted by molar-refractivity contribution is 0.144. The van der Waals surface area contributed by atoms with Crippen molar-refractivity contribution in [3.8, 4) is 0 Å². The van der Waals surface area contributed by atoms with Crippen molar-refractivity contribution in [1.82, 2.24) is 10.2 Å². The minimum Gasteiger partial charge on any atom is -0.314 e. The van der Waals surface area contributed by atoms with E-state index in [0.717, 1.165) is 37.7 Å². The highest BCUT2D eigenvalue weighted by Crippen LogP contribution is 2.22. The van der Waals surface area contributed by atoms with Gasteiger partial charge in [0.05, 0.1) is 0 Å². The van der Waals surface area contributed by atoms with Crippen LogP contribution in [0.1, 0.15) is 44.2 Å². The quantitative estimate of drug-likeness (QED) is 0.859. The number of hydrogen-bond donors (Lipinski definition) is 1. The molecule has 0 saturated carbocycles. The number of benzene rings is 1. The highest BCUT2D eigenvalue weighted by atomic mass is 19.1. The standard InChI is InChI=1S/C18H29FN2/c1-4-9-20-15(3)17-6-5-10-21(13-17)12-16-7-8-18(19)11-14(16)2/h7-8,11,15,17,20H,4-6,9-10,12-13H2,1-3H3. The molecule has 2 unspecified atom stereocenters. The number of rotatable bonds is 6. The molecule has 21 heavy (non-hydrogen) atoms. The third-order valence-electron chi connectivity index (χ3n) is 4.66. The molecule has 1 aliphatic heterocycles. The molecule has 0 radical (unpaired) electrons. The monoisotopic (exact) mass is 292 g/mol. The van der Waals surface area contributed by atoms with Crippen molar-refractivity contribution in [2.75, 3.05) is 19.6 Å². The fraction of sp³-hybridized carbons (Fsp3) is 0.667. The first-order chi connectivity index (χ1) is 10.1. The molecule has 1 aromatic rings. The number of hydrogen-bond acceptors (Lipinski definition) is 2. The van der Waals surface area contributed by atoms with Gasteiger partial charge in [0, 0.05) is 19.1 Å². The molecule has 0 aromatic heterocycles. The van der Waals surface area contributed by atoms with Gasteiger partial charge in [0.1, 0.15) is 5.82 Å². The summed E-state index contributed by atoms with van der Waals surface area (Å²) < 4.78 is 13.2. The van der Waals surface area contributed by atoms with E-state index in [1.165, 1.54) is 24.8 Å². The summed E-state index contributed by atoms with van der Waals surface area (Å²) in [5, 5.41) is 3.63. The molecule has 1 N–H and O–H groups in total. The first-order valence-corrected chi connectivity index (χ1v) is 8.31. The van der Waals surface area contributed by atoms with Gasteiger partial charge in [-0.1, -0.05) is 13.0 Å². The lowest BCUT2D eigenvalue weighted by atomic mass is 9.91. The molecule has 0 amide bonds. The molecule has 3 heteroatoms. The average molecular weight is 292 g/mol. The van der Waals surface area contributed by atoms with Crippen molar-refractivity contribution in [2.45, 2.75) is 52.6 Å². The Morgan fingerprint density at radius 2 is 2.24 bits per heavy atom. The van der Waals surface area contributed by atoms with Crippen LogP contribution in [0.4, 0.5) is 4.39 Å². The smallest absolute Gasteiger partial charge is 0.123 e. The summed E-state index contributed by atoms with van der Waals surface area (Å²) in [6.45, 7) is 10.9. The highest BCUT2D eigenvalue weighted by molar-refractivity contribution is 5.26. The summed E-state index contributed by atoms with van der Waals surface area (Å²) in [5.41, 5.74) is 2.32. The summed E-state index contributed by atoms with van der Waals surface area (Å²) in [6.07, 6.45) is 3.77. The fourth-order valence-corrected chi connectivity index (χ4v) is 3.26. The molecular weight excluding hydrogens is 263 g/mol. The Morgan fingerprint density at radius 1 is 1.43 bits per heavy atom. The molecule has 0 bridgehead atoms. The Morgan fingerprint density at radius 3 is 2.95 bits per heavy atom. The van der Waals surface area contributed by atoms with E-state index in [1.807, 2.05) is 13.0 Å². The third-order valence-corrected chi connectivity index (χ3v) is 4.66. The summed E-state index contributed by atoms with van der Waals surface area (Å²) >= 11 is 0. The van der Waals surface area contributed by atoms with E-state index in [-0.39, 0.29) is 5.82 Å². The van der Waals surface area contributed by atoms with Gasteiger partial charge in [-0.15, -0.1) is 0 Å². The molecule has 1 saturated heterocycles. The van der Waals surface area contributed by atoms with Gasteiger partial charge in [-0.05, 0) is 75.4 Å². The van der Waals surface area contributed by atoms with E-state index < -0.39 is 0 Å². The second-order valence-electron chi connectivity index (χ2n) is 6.45. The third kappa shape index (κ3) is 4.79. The van der Waals surface area contributed by atoms with Crippen LogP contribution < -0.4 is 5.32 Å². The predicted octanol–water partition coefficient (Wildman–Crippen LogP) is 3.73. The number of piperidine rings is 1. The molecule has 1 heterocycles. The molecule has 2 rings (SSSR count). The Labute approximate surface area is 128 Å². The van der Waals surface area contributed by atoms with Gasteiger partial charge in [-0.2, -0.15) is 0 Å². The van der Waals surface area contributed by atoms with Crippen LogP contribution in [0.5, 0.6) is 0 Å². The summed E-state index contributed by atoms with van der Waals surface area (Å²) in [4.78, 5) is 2.53. The first-order valence-electron chi connectivity index (χ1n) is 8.31. The van der Waals surface area contributed by atoms with Crippen molar-refractivity contribution in [1.29, 1.82) is 0 Å². The Balaban J connectivity index is 1.91. The highest BCUT2D eigenvalue weighted by Gasteiger charge is 2.24. The van der Waals surface area contributed by atoms with Gasteiger partial charge in [-0.25, -0.2) is 4.39 Å². The zero-order chi connectivity index (χ0) is 15.2. The maximum absolute atomic E-state index is 13.2. The molecule has 2 atom stereocenters. The van der Waals surface area contributed by atoms with Gasteiger partial charge in [0.25, 0.3) is 0 Å². The van der Waals surface area contributed by atoms with Crippen LogP contribution in [0, 0.1) is 18.7 Å². The molecular formula is C18H29FN2. The van der Waals surface area contributed by atoms with Gasteiger partial charge in [0.15, 0.2) is 0 Å². The van der Waals surface area contributed by atoms with Gasteiger partial charge < -0.3 is 5.32 Å². The largest absolute Gasteiger partial charge is 0.314 e. The molecule has 1 fully saturated rings. The minimum atomic E-state index is -0.134. The maximum Gasteiger partial charge on any atom is 0.123 e. The second-order valence-corrected chi connectivity index (χ2v) is 6.45. The molecule has 118 valence electrons. The van der Waals surface area contributed by atoms with Crippen molar-refractivity contribution >= 4 is 0 Å². The van der Waals surface area contributed by atoms with Crippen LogP contribution in [0.2, 0.25) is 0 Å². The number of aryl methyl sites for hydroxylation is 1. The number of likely N-dealkylation sites (tertiary alicyclic amines) is 1. The number of nitrogens with zero attached hydrogens (tertiary/aromatic N) is 1. The average Bonchev–Trinajstić information content (AvgIpc) is 2.48. The van der Waals surface area contributed by atoms with E-state index in [4.69, 9.17) is 0 Å². The van der Waals surface area contributed by atoms with E-state index in [9.17, 15) is 4.39 Å². The van der Waals surface area contributed by atoms with Gasteiger partial charge in [0.2, 0.25) is 0 Å². The molecule has 1 aliphatic rings. The zero-order valence-corrected chi connectivity index (χ0v) is 13.7.